The Labute approximate surface area is 148 Å². The molecule has 0 bridgehead atoms. The van der Waals surface area contributed by atoms with Crippen molar-refractivity contribution < 1.29 is 23.8 Å². The van der Waals surface area contributed by atoms with Crippen molar-refractivity contribution in [2.75, 3.05) is 19.8 Å². The third kappa shape index (κ3) is 4.38. The second-order valence-electron chi connectivity index (χ2n) is 4.71. The van der Waals surface area contributed by atoms with E-state index in [1.54, 1.807) is 19.9 Å². The predicted octanol–water partition coefficient (Wildman–Crippen LogP) is 1.56. The van der Waals surface area contributed by atoms with Gasteiger partial charge in [0.2, 0.25) is 0 Å². The number of aromatic amines is 1. The zero-order chi connectivity index (χ0) is 18.4. The Morgan fingerprint density at radius 1 is 1.16 bits per heavy atom. The normalized spacial score (nSPS) is 10.4. The summed E-state index contributed by atoms with van der Waals surface area (Å²) in [5.41, 5.74) is 5.69. The molecular weight excluding hydrogens is 352 g/mol. The number of rotatable bonds is 8. The van der Waals surface area contributed by atoms with Crippen molar-refractivity contribution >= 4 is 23.5 Å². The number of nitrogens with zero attached hydrogens (tertiary/aromatic N) is 2. The van der Waals surface area contributed by atoms with Crippen molar-refractivity contribution in [2.24, 2.45) is 5.73 Å². The molecular formula is C15H17ClN4O5. The van der Waals surface area contributed by atoms with Gasteiger partial charge >= 0.3 is 5.97 Å². The van der Waals surface area contributed by atoms with E-state index in [2.05, 4.69) is 15.4 Å². The van der Waals surface area contributed by atoms with E-state index in [0.29, 0.717) is 17.9 Å². The van der Waals surface area contributed by atoms with Gasteiger partial charge in [-0.25, -0.2) is 4.79 Å². The van der Waals surface area contributed by atoms with E-state index in [0.717, 1.165) is 0 Å². The molecule has 1 amide bonds. The van der Waals surface area contributed by atoms with E-state index in [9.17, 15) is 9.59 Å². The predicted molar refractivity (Wildman–Crippen MR) is 88.6 cm³/mol. The lowest BCUT2D eigenvalue weighted by molar-refractivity contribution is -0.119. The topological polar surface area (TPSA) is 129 Å². The summed E-state index contributed by atoms with van der Waals surface area (Å²) in [7, 11) is 0. The minimum absolute atomic E-state index is 0.00278. The number of hydrogen-bond acceptors (Lipinski definition) is 7. The molecule has 1 heterocycles. The van der Waals surface area contributed by atoms with Gasteiger partial charge in [0.15, 0.2) is 23.8 Å². The Hall–Kier alpha value is -2.81. The molecule has 0 saturated carbocycles. The third-order valence-corrected chi connectivity index (χ3v) is 3.29. The average molecular weight is 369 g/mol. The first-order valence-corrected chi connectivity index (χ1v) is 7.81. The lowest BCUT2D eigenvalue weighted by atomic mass is 10.1. The van der Waals surface area contributed by atoms with Crippen molar-refractivity contribution in [1.29, 1.82) is 0 Å². The second kappa shape index (κ2) is 8.34. The summed E-state index contributed by atoms with van der Waals surface area (Å²) >= 11 is 6.28. The van der Waals surface area contributed by atoms with Crippen molar-refractivity contribution in [3.63, 3.8) is 0 Å². The lowest BCUT2D eigenvalue weighted by Gasteiger charge is -2.13. The smallest absolute Gasteiger partial charge is 0.361 e. The number of esters is 1. The molecule has 0 unspecified atom stereocenters. The maximum atomic E-state index is 12.0. The van der Waals surface area contributed by atoms with Gasteiger partial charge in [0, 0.05) is 11.6 Å². The van der Waals surface area contributed by atoms with Crippen LogP contribution in [0, 0.1) is 0 Å². The molecule has 0 atom stereocenters. The Morgan fingerprint density at radius 3 is 2.52 bits per heavy atom. The highest BCUT2D eigenvalue weighted by molar-refractivity contribution is 6.33. The Bertz CT molecular complexity index is 777. The summed E-state index contributed by atoms with van der Waals surface area (Å²) in [5.74, 6) is -0.699. The Morgan fingerprint density at radius 2 is 1.88 bits per heavy atom. The van der Waals surface area contributed by atoms with Crippen LogP contribution in [0.4, 0.5) is 0 Å². The van der Waals surface area contributed by atoms with E-state index < -0.39 is 11.9 Å². The molecule has 0 aliphatic carbocycles. The zero-order valence-corrected chi connectivity index (χ0v) is 14.4. The van der Waals surface area contributed by atoms with Gasteiger partial charge in [0.1, 0.15) is 5.69 Å². The number of carbonyl (C=O) groups is 2. The largest absolute Gasteiger partial charge is 0.490 e. The summed E-state index contributed by atoms with van der Waals surface area (Å²) in [6.07, 6.45) is 0. The maximum Gasteiger partial charge on any atom is 0.361 e. The van der Waals surface area contributed by atoms with Crippen molar-refractivity contribution in [2.45, 2.75) is 13.8 Å². The number of aromatic nitrogens is 3. The SMILES string of the molecule is CCOC(=O)c1n[nH]nc1-c1cc(OCC)c(OCC(N)=O)cc1Cl. The van der Waals surface area contributed by atoms with Gasteiger partial charge in [-0.3, -0.25) is 4.79 Å². The fourth-order valence-corrected chi connectivity index (χ4v) is 2.25. The second-order valence-corrected chi connectivity index (χ2v) is 5.12. The fraction of sp³-hybridized carbons (Fsp3) is 0.333. The summed E-state index contributed by atoms with van der Waals surface area (Å²) in [5, 5.41) is 10.4. The van der Waals surface area contributed by atoms with E-state index in [-0.39, 0.29) is 35.4 Å². The quantitative estimate of drug-likeness (QED) is 0.676. The van der Waals surface area contributed by atoms with Gasteiger partial charge in [-0.2, -0.15) is 10.3 Å². The van der Waals surface area contributed by atoms with Gasteiger partial charge in [-0.05, 0) is 19.9 Å². The maximum absolute atomic E-state index is 12.0. The molecule has 0 aliphatic heterocycles. The van der Waals surface area contributed by atoms with Crippen LogP contribution >= 0.6 is 11.6 Å². The fourth-order valence-electron chi connectivity index (χ4n) is 2.01. The van der Waals surface area contributed by atoms with Crippen molar-refractivity contribution in [3.05, 3.63) is 22.8 Å². The molecule has 0 radical (unpaired) electrons. The molecule has 25 heavy (non-hydrogen) atoms. The Balaban J connectivity index is 2.45. The van der Waals surface area contributed by atoms with Gasteiger partial charge in [-0.1, -0.05) is 11.6 Å². The molecule has 134 valence electrons. The summed E-state index contributed by atoms with van der Waals surface area (Å²) in [4.78, 5) is 22.9. The molecule has 0 fully saturated rings. The number of halogens is 1. The van der Waals surface area contributed by atoms with Gasteiger partial charge in [0.05, 0.1) is 18.2 Å². The number of amides is 1. The number of nitrogens with one attached hydrogen (secondary N) is 1. The molecule has 9 nitrogen and oxygen atoms in total. The lowest BCUT2D eigenvalue weighted by Crippen LogP contribution is -2.20. The number of carbonyl (C=O) groups excluding carboxylic acids is 2. The molecule has 10 heteroatoms. The minimum Gasteiger partial charge on any atom is -0.490 e. The molecule has 1 aromatic carbocycles. The van der Waals surface area contributed by atoms with Crippen LogP contribution in [0.2, 0.25) is 5.02 Å². The zero-order valence-electron chi connectivity index (χ0n) is 13.7. The number of hydrogen-bond donors (Lipinski definition) is 2. The first-order chi connectivity index (χ1) is 12.0. The van der Waals surface area contributed by atoms with Crippen LogP contribution in [-0.4, -0.2) is 47.1 Å². The van der Waals surface area contributed by atoms with Crippen LogP contribution in [0.15, 0.2) is 12.1 Å². The van der Waals surface area contributed by atoms with Crippen molar-refractivity contribution in [1.82, 2.24) is 15.4 Å². The highest BCUT2D eigenvalue weighted by atomic mass is 35.5. The van der Waals surface area contributed by atoms with Crippen LogP contribution < -0.4 is 15.2 Å². The molecule has 2 rings (SSSR count). The number of ether oxygens (including phenoxy) is 3. The molecule has 3 N–H and O–H groups in total. The highest BCUT2D eigenvalue weighted by Gasteiger charge is 2.23. The van der Waals surface area contributed by atoms with E-state index in [4.69, 9.17) is 31.5 Å². The first-order valence-electron chi connectivity index (χ1n) is 7.43. The third-order valence-electron chi connectivity index (χ3n) is 2.97. The van der Waals surface area contributed by atoms with Crippen molar-refractivity contribution in [3.8, 4) is 22.8 Å². The van der Waals surface area contributed by atoms with E-state index in [1.165, 1.54) is 6.07 Å². The van der Waals surface area contributed by atoms with Gasteiger partial charge in [-0.15, -0.1) is 5.10 Å². The van der Waals surface area contributed by atoms with Crippen LogP contribution in [0.1, 0.15) is 24.3 Å². The van der Waals surface area contributed by atoms with Crippen LogP contribution in [0.25, 0.3) is 11.3 Å². The van der Waals surface area contributed by atoms with E-state index in [1.807, 2.05) is 0 Å². The van der Waals surface area contributed by atoms with Gasteiger partial charge in [0.25, 0.3) is 5.91 Å². The van der Waals surface area contributed by atoms with Gasteiger partial charge < -0.3 is 19.9 Å². The standard InChI is InChI=1S/C15H17ClN4O5/c1-3-23-10-5-8(9(16)6-11(10)25-7-12(17)21)13-14(19-20-18-13)15(22)24-4-2/h5-6H,3-4,7H2,1-2H3,(H2,17,21)(H,18,19,20). The minimum atomic E-state index is -0.635. The summed E-state index contributed by atoms with van der Waals surface area (Å²) in [6.45, 7) is 3.68. The molecule has 0 aliphatic rings. The Kier molecular flexibility index (Phi) is 6.18. The number of H-pyrrole nitrogens is 1. The van der Waals surface area contributed by atoms with Crippen LogP contribution in [0.3, 0.4) is 0 Å². The average Bonchev–Trinajstić information content (AvgIpc) is 3.04. The van der Waals surface area contributed by atoms with E-state index >= 15 is 0 Å². The van der Waals surface area contributed by atoms with Crippen LogP contribution in [0.5, 0.6) is 11.5 Å². The monoisotopic (exact) mass is 368 g/mol. The molecule has 0 saturated heterocycles. The molecule has 0 spiro atoms. The highest BCUT2D eigenvalue weighted by Crippen LogP contribution is 2.38. The molecule has 2 aromatic rings. The number of benzene rings is 1. The summed E-state index contributed by atoms with van der Waals surface area (Å²) < 4.78 is 15.7. The first kappa shape index (κ1) is 18.5. The van der Waals surface area contributed by atoms with Crippen LogP contribution in [-0.2, 0) is 9.53 Å². The number of primary amides is 1. The summed E-state index contributed by atoms with van der Waals surface area (Å²) in [6, 6.07) is 3.00. The number of nitrogens with two attached hydrogens (primary N) is 1. The molecule has 1 aromatic heterocycles.